The summed E-state index contributed by atoms with van der Waals surface area (Å²) < 4.78 is 10.4. The molecular weight excluding hydrogens is 258 g/mol. The van der Waals surface area contributed by atoms with E-state index < -0.39 is 0 Å². The van der Waals surface area contributed by atoms with Crippen molar-refractivity contribution in [1.29, 1.82) is 0 Å². The molecule has 0 aromatic heterocycles. The maximum Gasteiger partial charge on any atom is 0.243 e. The van der Waals surface area contributed by atoms with Crippen molar-refractivity contribution in [2.45, 2.75) is 25.3 Å². The molecule has 6 nitrogen and oxygen atoms in total. The summed E-state index contributed by atoms with van der Waals surface area (Å²) in [6.45, 7) is 0.754. The zero-order valence-corrected chi connectivity index (χ0v) is 11.9. The van der Waals surface area contributed by atoms with Gasteiger partial charge in [0.2, 0.25) is 5.91 Å². The number of benzene rings is 1. The van der Waals surface area contributed by atoms with E-state index in [4.69, 9.17) is 15.3 Å². The molecule has 1 saturated heterocycles. The molecule has 1 amide bonds. The van der Waals surface area contributed by atoms with Gasteiger partial charge in [-0.1, -0.05) is 0 Å². The van der Waals surface area contributed by atoms with Gasteiger partial charge >= 0.3 is 0 Å². The number of nitrogens with zero attached hydrogens (tertiary/aromatic N) is 1. The number of nitrogens with two attached hydrogens (primary N) is 1. The minimum atomic E-state index is -0.267. The molecule has 110 valence electrons. The van der Waals surface area contributed by atoms with Crippen LogP contribution in [-0.4, -0.2) is 37.7 Å². The van der Waals surface area contributed by atoms with E-state index >= 15 is 0 Å². The Hall–Kier alpha value is -1.79. The van der Waals surface area contributed by atoms with Crippen LogP contribution in [0.3, 0.4) is 0 Å². The van der Waals surface area contributed by atoms with Gasteiger partial charge < -0.3 is 14.8 Å². The molecule has 0 spiro atoms. The Morgan fingerprint density at radius 1 is 1.30 bits per heavy atom. The van der Waals surface area contributed by atoms with Gasteiger partial charge in [0.1, 0.15) is 6.04 Å². The average molecular weight is 279 g/mol. The minimum Gasteiger partial charge on any atom is -0.493 e. The van der Waals surface area contributed by atoms with Crippen LogP contribution in [0.4, 0.5) is 5.69 Å². The van der Waals surface area contributed by atoms with Crippen LogP contribution < -0.4 is 20.6 Å². The van der Waals surface area contributed by atoms with Crippen molar-refractivity contribution in [2.24, 2.45) is 5.84 Å². The van der Waals surface area contributed by atoms with E-state index in [1.54, 1.807) is 37.4 Å². The zero-order valence-electron chi connectivity index (χ0n) is 11.9. The topological polar surface area (TPSA) is 76.8 Å². The molecular formula is C14H21N3O3. The Labute approximate surface area is 118 Å². The summed E-state index contributed by atoms with van der Waals surface area (Å²) in [6.07, 6.45) is 2.85. The van der Waals surface area contributed by atoms with E-state index in [1.165, 1.54) is 0 Å². The second-order valence-corrected chi connectivity index (χ2v) is 4.81. The molecule has 0 saturated carbocycles. The number of methoxy groups -OCH3 is 2. The number of hydrogen-bond acceptors (Lipinski definition) is 5. The van der Waals surface area contributed by atoms with E-state index in [2.05, 4.69) is 5.32 Å². The van der Waals surface area contributed by atoms with Crippen molar-refractivity contribution in [3.8, 4) is 11.5 Å². The first kappa shape index (κ1) is 14.6. The second-order valence-electron chi connectivity index (χ2n) is 4.81. The molecule has 1 aliphatic rings. The van der Waals surface area contributed by atoms with Crippen molar-refractivity contribution in [3.05, 3.63) is 18.2 Å². The number of nitrogens with one attached hydrogen (secondary N) is 1. The summed E-state index contributed by atoms with van der Waals surface area (Å²) in [5, 5.41) is 4.48. The predicted octanol–water partition coefficient (Wildman–Crippen LogP) is 1.37. The lowest BCUT2D eigenvalue weighted by molar-refractivity contribution is -0.122. The fourth-order valence-corrected chi connectivity index (χ4v) is 2.37. The number of carbonyl (C=O) groups excluding carboxylic acids is 1. The number of ether oxygens (including phenoxy) is 2. The van der Waals surface area contributed by atoms with Crippen LogP contribution in [-0.2, 0) is 4.79 Å². The SMILES string of the molecule is COc1ccc(NC(=O)[C@H]2CCCCN2N)cc1OC. The number of piperidine rings is 1. The van der Waals surface area contributed by atoms with Crippen LogP contribution in [0.5, 0.6) is 11.5 Å². The number of anilines is 1. The standard InChI is InChI=1S/C14H21N3O3/c1-19-12-7-6-10(9-13(12)20-2)16-14(18)11-5-3-4-8-17(11)15/h6-7,9,11H,3-5,8,15H2,1-2H3,(H,16,18)/t11-/m1/s1. The monoisotopic (exact) mass is 279 g/mol. The molecule has 6 heteroatoms. The Kier molecular flexibility index (Phi) is 4.81. The maximum atomic E-state index is 12.2. The number of amides is 1. The van der Waals surface area contributed by atoms with Crippen LogP contribution in [0.2, 0.25) is 0 Å². The third kappa shape index (κ3) is 3.20. The third-order valence-corrected chi connectivity index (χ3v) is 3.50. The van der Waals surface area contributed by atoms with Crippen LogP contribution in [0, 0.1) is 0 Å². The molecule has 1 aliphatic heterocycles. The largest absolute Gasteiger partial charge is 0.493 e. The molecule has 1 heterocycles. The summed E-state index contributed by atoms with van der Waals surface area (Å²) in [7, 11) is 3.14. The van der Waals surface area contributed by atoms with Crippen LogP contribution in [0.1, 0.15) is 19.3 Å². The fraction of sp³-hybridized carbons (Fsp3) is 0.500. The van der Waals surface area contributed by atoms with Gasteiger partial charge in [-0.05, 0) is 31.4 Å². The van der Waals surface area contributed by atoms with Gasteiger partial charge in [-0.2, -0.15) is 0 Å². The Morgan fingerprint density at radius 2 is 2.05 bits per heavy atom. The van der Waals surface area contributed by atoms with E-state index in [0.29, 0.717) is 17.2 Å². The van der Waals surface area contributed by atoms with Crippen molar-refractivity contribution in [2.75, 3.05) is 26.1 Å². The van der Waals surface area contributed by atoms with Crippen molar-refractivity contribution in [1.82, 2.24) is 5.01 Å². The number of carbonyl (C=O) groups is 1. The molecule has 1 fully saturated rings. The molecule has 0 aliphatic carbocycles. The summed E-state index contributed by atoms with van der Waals surface area (Å²) in [6, 6.07) is 5.01. The first-order valence-corrected chi connectivity index (χ1v) is 6.70. The highest BCUT2D eigenvalue weighted by Crippen LogP contribution is 2.30. The fourth-order valence-electron chi connectivity index (χ4n) is 2.37. The average Bonchev–Trinajstić information content (AvgIpc) is 2.47. The van der Waals surface area contributed by atoms with Gasteiger partial charge in [0.05, 0.1) is 14.2 Å². The molecule has 1 aromatic rings. The van der Waals surface area contributed by atoms with Crippen molar-refractivity contribution in [3.63, 3.8) is 0 Å². The summed E-state index contributed by atoms with van der Waals surface area (Å²) in [4.78, 5) is 12.2. The summed E-state index contributed by atoms with van der Waals surface area (Å²) in [5.74, 6) is 6.99. The molecule has 1 atom stereocenters. The second kappa shape index (κ2) is 6.58. The smallest absolute Gasteiger partial charge is 0.243 e. The lowest BCUT2D eigenvalue weighted by Crippen LogP contribution is -2.50. The lowest BCUT2D eigenvalue weighted by atomic mass is 10.0. The van der Waals surface area contributed by atoms with E-state index in [9.17, 15) is 4.79 Å². The molecule has 0 unspecified atom stereocenters. The van der Waals surface area contributed by atoms with Gasteiger partial charge in [-0.3, -0.25) is 10.6 Å². The highest BCUT2D eigenvalue weighted by atomic mass is 16.5. The molecule has 2 rings (SSSR count). The predicted molar refractivity (Wildman–Crippen MR) is 76.7 cm³/mol. The third-order valence-electron chi connectivity index (χ3n) is 3.50. The summed E-state index contributed by atoms with van der Waals surface area (Å²) in [5.41, 5.74) is 0.673. The number of hydrazine groups is 1. The van der Waals surface area contributed by atoms with Crippen LogP contribution in [0.15, 0.2) is 18.2 Å². The highest BCUT2D eigenvalue weighted by molar-refractivity contribution is 5.95. The normalized spacial score (nSPS) is 19.4. The molecule has 20 heavy (non-hydrogen) atoms. The van der Waals surface area contributed by atoms with Gasteiger partial charge in [0.25, 0.3) is 0 Å². The molecule has 1 aromatic carbocycles. The Bertz CT molecular complexity index is 479. The van der Waals surface area contributed by atoms with Crippen LogP contribution in [0.25, 0.3) is 0 Å². The van der Waals surface area contributed by atoms with E-state index in [0.717, 1.165) is 25.8 Å². The van der Waals surface area contributed by atoms with Gasteiger partial charge in [0.15, 0.2) is 11.5 Å². The number of hydrogen-bond donors (Lipinski definition) is 2. The number of rotatable bonds is 4. The lowest BCUT2D eigenvalue weighted by Gasteiger charge is -2.30. The van der Waals surface area contributed by atoms with Crippen molar-refractivity contribution < 1.29 is 14.3 Å². The van der Waals surface area contributed by atoms with Crippen molar-refractivity contribution >= 4 is 11.6 Å². The van der Waals surface area contributed by atoms with Gasteiger partial charge in [-0.25, -0.2) is 5.01 Å². The zero-order chi connectivity index (χ0) is 14.5. The highest BCUT2D eigenvalue weighted by Gasteiger charge is 2.26. The molecule has 0 bridgehead atoms. The maximum absolute atomic E-state index is 12.2. The van der Waals surface area contributed by atoms with Gasteiger partial charge in [0, 0.05) is 18.3 Å². The van der Waals surface area contributed by atoms with E-state index in [1.807, 2.05) is 0 Å². The van der Waals surface area contributed by atoms with Crippen LogP contribution >= 0.6 is 0 Å². The Balaban J connectivity index is 2.07. The minimum absolute atomic E-state index is 0.0839. The molecule has 0 radical (unpaired) electrons. The Morgan fingerprint density at radius 3 is 2.70 bits per heavy atom. The first-order chi connectivity index (χ1) is 9.65. The van der Waals surface area contributed by atoms with E-state index in [-0.39, 0.29) is 11.9 Å². The first-order valence-electron chi connectivity index (χ1n) is 6.70. The quantitative estimate of drug-likeness (QED) is 0.814. The summed E-state index contributed by atoms with van der Waals surface area (Å²) >= 11 is 0. The van der Waals surface area contributed by atoms with Gasteiger partial charge in [-0.15, -0.1) is 0 Å². The molecule has 3 N–H and O–H groups in total.